The number of rotatable bonds is 5. The Hall–Kier alpha value is -1.71. The number of hydrogen-bond acceptors (Lipinski definition) is 3. The Kier molecular flexibility index (Phi) is 4.64. The highest BCUT2D eigenvalue weighted by Gasteiger charge is 2.06. The van der Waals surface area contributed by atoms with Crippen LogP contribution in [0.15, 0.2) is 24.3 Å². The van der Waals surface area contributed by atoms with Gasteiger partial charge in [-0.15, -0.1) is 0 Å². The molecule has 0 bridgehead atoms. The Balaban J connectivity index is 2.37. The Labute approximate surface area is 95.2 Å². The molecule has 1 aromatic rings. The number of aromatic hydroxyl groups is 1. The van der Waals surface area contributed by atoms with Crippen LogP contribution in [0.2, 0.25) is 0 Å². The average Bonchev–Trinajstić information content (AvgIpc) is 2.26. The monoisotopic (exact) mass is 223 g/mol. The standard InChI is InChI=1S/C12H17NO3/c1-3-9(2)13-12(15)8-16-11-6-4-5-10(14)7-11/h4-7,9,14H,3,8H2,1-2H3,(H,13,15). The smallest absolute Gasteiger partial charge is 0.258 e. The molecule has 0 aliphatic rings. The second-order valence-corrected chi connectivity index (χ2v) is 3.66. The van der Waals surface area contributed by atoms with Crippen molar-refractivity contribution in [2.45, 2.75) is 26.3 Å². The molecule has 1 amide bonds. The molecule has 0 saturated carbocycles. The second-order valence-electron chi connectivity index (χ2n) is 3.66. The lowest BCUT2D eigenvalue weighted by atomic mass is 10.2. The van der Waals surface area contributed by atoms with E-state index in [1.165, 1.54) is 6.07 Å². The summed E-state index contributed by atoms with van der Waals surface area (Å²) in [6.07, 6.45) is 0.887. The van der Waals surface area contributed by atoms with E-state index in [4.69, 9.17) is 4.74 Å². The lowest BCUT2D eigenvalue weighted by Crippen LogP contribution is -2.35. The van der Waals surface area contributed by atoms with Gasteiger partial charge in [-0.1, -0.05) is 13.0 Å². The summed E-state index contributed by atoms with van der Waals surface area (Å²) >= 11 is 0. The summed E-state index contributed by atoms with van der Waals surface area (Å²) in [6, 6.07) is 6.52. The molecule has 1 aromatic carbocycles. The van der Waals surface area contributed by atoms with Crippen molar-refractivity contribution in [3.05, 3.63) is 24.3 Å². The highest BCUT2D eigenvalue weighted by atomic mass is 16.5. The molecular weight excluding hydrogens is 206 g/mol. The predicted octanol–water partition coefficient (Wildman–Crippen LogP) is 1.69. The third kappa shape index (κ3) is 4.21. The van der Waals surface area contributed by atoms with Crippen molar-refractivity contribution in [1.82, 2.24) is 5.32 Å². The first-order valence-electron chi connectivity index (χ1n) is 5.33. The maximum Gasteiger partial charge on any atom is 0.258 e. The molecule has 0 aromatic heterocycles. The number of nitrogens with one attached hydrogen (secondary N) is 1. The molecule has 0 aliphatic carbocycles. The van der Waals surface area contributed by atoms with Crippen LogP contribution in [0.1, 0.15) is 20.3 Å². The zero-order chi connectivity index (χ0) is 12.0. The number of phenolic OH excluding ortho intramolecular Hbond substituents is 1. The molecule has 0 fully saturated rings. The third-order valence-electron chi connectivity index (χ3n) is 2.21. The lowest BCUT2D eigenvalue weighted by Gasteiger charge is -2.12. The molecule has 1 rings (SSSR count). The molecule has 0 radical (unpaired) electrons. The van der Waals surface area contributed by atoms with E-state index in [0.29, 0.717) is 5.75 Å². The summed E-state index contributed by atoms with van der Waals surface area (Å²) in [7, 11) is 0. The van der Waals surface area contributed by atoms with Crippen molar-refractivity contribution in [2.24, 2.45) is 0 Å². The number of carbonyl (C=O) groups excluding carboxylic acids is 1. The minimum Gasteiger partial charge on any atom is -0.508 e. The van der Waals surface area contributed by atoms with Crippen LogP contribution in [0.3, 0.4) is 0 Å². The van der Waals surface area contributed by atoms with Gasteiger partial charge in [0, 0.05) is 12.1 Å². The zero-order valence-electron chi connectivity index (χ0n) is 9.56. The minimum absolute atomic E-state index is 0.0339. The Morgan fingerprint density at radius 3 is 2.94 bits per heavy atom. The number of hydrogen-bond donors (Lipinski definition) is 2. The predicted molar refractivity (Wildman–Crippen MR) is 61.5 cm³/mol. The van der Waals surface area contributed by atoms with Gasteiger partial charge in [0.2, 0.25) is 0 Å². The second kappa shape index (κ2) is 6.00. The number of phenols is 1. The molecule has 0 saturated heterocycles. The SMILES string of the molecule is CCC(C)NC(=O)COc1cccc(O)c1. The minimum atomic E-state index is -0.155. The maximum atomic E-state index is 11.4. The molecule has 1 atom stereocenters. The number of carbonyl (C=O) groups is 1. The van der Waals surface area contributed by atoms with Gasteiger partial charge in [0.25, 0.3) is 5.91 Å². The summed E-state index contributed by atoms with van der Waals surface area (Å²) in [4.78, 5) is 11.4. The van der Waals surface area contributed by atoms with Crippen molar-refractivity contribution < 1.29 is 14.6 Å². The van der Waals surface area contributed by atoms with Crippen molar-refractivity contribution in [3.8, 4) is 11.5 Å². The van der Waals surface area contributed by atoms with Gasteiger partial charge in [-0.05, 0) is 25.5 Å². The Morgan fingerprint density at radius 1 is 1.56 bits per heavy atom. The van der Waals surface area contributed by atoms with Crippen LogP contribution in [0.5, 0.6) is 11.5 Å². The van der Waals surface area contributed by atoms with E-state index >= 15 is 0 Å². The van der Waals surface area contributed by atoms with Gasteiger partial charge in [0.05, 0.1) is 0 Å². The van der Waals surface area contributed by atoms with Gasteiger partial charge in [-0.2, -0.15) is 0 Å². The van der Waals surface area contributed by atoms with Gasteiger partial charge in [-0.3, -0.25) is 4.79 Å². The average molecular weight is 223 g/mol. The number of ether oxygens (including phenoxy) is 1. The molecule has 4 nitrogen and oxygen atoms in total. The molecule has 0 heterocycles. The van der Waals surface area contributed by atoms with Crippen molar-refractivity contribution in [1.29, 1.82) is 0 Å². The van der Waals surface area contributed by atoms with Crippen molar-refractivity contribution in [2.75, 3.05) is 6.61 Å². The van der Waals surface area contributed by atoms with Gasteiger partial charge in [0.1, 0.15) is 11.5 Å². The first kappa shape index (κ1) is 12.4. The molecule has 88 valence electrons. The molecule has 1 unspecified atom stereocenters. The van der Waals surface area contributed by atoms with Gasteiger partial charge in [-0.25, -0.2) is 0 Å². The summed E-state index contributed by atoms with van der Waals surface area (Å²) in [6.45, 7) is 3.90. The van der Waals surface area contributed by atoms with E-state index in [0.717, 1.165) is 6.42 Å². The largest absolute Gasteiger partial charge is 0.508 e. The number of benzene rings is 1. The zero-order valence-corrected chi connectivity index (χ0v) is 9.56. The highest BCUT2D eigenvalue weighted by Crippen LogP contribution is 2.17. The van der Waals surface area contributed by atoms with E-state index in [1.54, 1.807) is 18.2 Å². The van der Waals surface area contributed by atoms with Crippen molar-refractivity contribution >= 4 is 5.91 Å². The van der Waals surface area contributed by atoms with Crippen LogP contribution in [0.25, 0.3) is 0 Å². The van der Waals surface area contributed by atoms with Crippen molar-refractivity contribution in [3.63, 3.8) is 0 Å². The Bertz CT molecular complexity index is 352. The fourth-order valence-corrected chi connectivity index (χ4v) is 1.14. The molecule has 0 aliphatic heterocycles. The molecular formula is C12H17NO3. The van der Waals surface area contributed by atoms with Gasteiger partial charge >= 0.3 is 0 Å². The summed E-state index contributed by atoms with van der Waals surface area (Å²) in [5, 5.41) is 12.0. The first-order chi connectivity index (χ1) is 7.61. The number of amides is 1. The van der Waals surface area contributed by atoms with Crippen LogP contribution in [0.4, 0.5) is 0 Å². The third-order valence-corrected chi connectivity index (χ3v) is 2.21. The van der Waals surface area contributed by atoms with Crippen LogP contribution >= 0.6 is 0 Å². The molecule has 0 spiro atoms. The van der Waals surface area contributed by atoms with E-state index in [9.17, 15) is 9.90 Å². The normalized spacial score (nSPS) is 11.9. The van der Waals surface area contributed by atoms with E-state index in [1.807, 2.05) is 13.8 Å². The molecule has 4 heteroatoms. The highest BCUT2D eigenvalue weighted by molar-refractivity contribution is 5.77. The Morgan fingerprint density at radius 2 is 2.31 bits per heavy atom. The quantitative estimate of drug-likeness (QED) is 0.798. The van der Waals surface area contributed by atoms with E-state index < -0.39 is 0 Å². The van der Waals surface area contributed by atoms with Crippen LogP contribution in [-0.4, -0.2) is 23.7 Å². The molecule has 16 heavy (non-hydrogen) atoms. The van der Waals surface area contributed by atoms with Crippen LogP contribution in [-0.2, 0) is 4.79 Å². The fourth-order valence-electron chi connectivity index (χ4n) is 1.14. The van der Waals surface area contributed by atoms with Crippen LogP contribution in [0, 0.1) is 0 Å². The van der Waals surface area contributed by atoms with Gasteiger partial charge < -0.3 is 15.2 Å². The summed E-state index contributed by atoms with van der Waals surface area (Å²) in [5.41, 5.74) is 0. The van der Waals surface area contributed by atoms with Crippen LogP contribution < -0.4 is 10.1 Å². The van der Waals surface area contributed by atoms with E-state index in [-0.39, 0.29) is 24.3 Å². The summed E-state index contributed by atoms with van der Waals surface area (Å²) < 4.78 is 5.22. The topological polar surface area (TPSA) is 58.6 Å². The maximum absolute atomic E-state index is 11.4. The fraction of sp³-hybridized carbons (Fsp3) is 0.417. The van der Waals surface area contributed by atoms with E-state index in [2.05, 4.69) is 5.32 Å². The lowest BCUT2D eigenvalue weighted by molar-refractivity contribution is -0.123. The van der Waals surface area contributed by atoms with Gasteiger partial charge in [0.15, 0.2) is 6.61 Å². The first-order valence-corrected chi connectivity index (χ1v) is 5.33. The molecule has 2 N–H and O–H groups in total. The summed E-state index contributed by atoms with van der Waals surface area (Å²) in [5.74, 6) is 0.455.